The summed E-state index contributed by atoms with van der Waals surface area (Å²) in [7, 11) is 0. The van der Waals surface area contributed by atoms with Crippen LogP contribution in [0.3, 0.4) is 0 Å². The summed E-state index contributed by atoms with van der Waals surface area (Å²) in [5, 5.41) is 33.2. The molecule has 11 heteroatoms. The first-order valence-electron chi connectivity index (χ1n) is 11.8. The maximum atomic E-state index is 12.2. The number of nitrogen functional groups attached to an aromatic ring is 1. The van der Waals surface area contributed by atoms with Crippen molar-refractivity contribution in [2.24, 2.45) is 11.8 Å². The monoisotopic (exact) mass is 472 g/mol. The average Bonchev–Trinajstić information content (AvgIpc) is 3.36. The zero-order valence-corrected chi connectivity index (χ0v) is 19.4. The number of nitrogens with two attached hydrogens (primary N) is 1. The third-order valence-corrected chi connectivity index (χ3v) is 6.73. The van der Waals surface area contributed by atoms with E-state index in [-0.39, 0.29) is 17.7 Å². The molecular weight excluding hydrogens is 440 g/mol. The molecule has 0 bridgehead atoms. The average molecular weight is 473 g/mol. The summed E-state index contributed by atoms with van der Waals surface area (Å²) in [6.07, 6.45) is 0.828. The van der Waals surface area contributed by atoms with Crippen LogP contribution in [-0.2, 0) is 9.53 Å². The van der Waals surface area contributed by atoms with Crippen LogP contribution >= 0.6 is 0 Å². The highest BCUT2D eigenvalue weighted by molar-refractivity contribution is 5.83. The first-order valence-corrected chi connectivity index (χ1v) is 11.8. The van der Waals surface area contributed by atoms with Crippen molar-refractivity contribution in [1.29, 1.82) is 0 Å². The van der Waals surface area contributed by atoms with Crippen molar-refractivity contribution in [2.45, 2.75) is 76.6 Å². The fraction of sp³-hybridized carbons (Fsp3) is 0.652. The van der Waals surface area contributed by atoms with Crippen LogP contribution in [0.4, 0.5) is 5.82 Å². The number of rotatable bonds is 5. The number of hydrogen-bond acceptors (Lipinski definition) is 9. The van der Waals surface area contributed by atoms with Gasteiger partial charge < -0.3 is 31.1 Å². The molecule has 2 aromatic heterocycles. The van der Waals surface area contributed by atoms with E-state index < -0.39 is 30.4 Å². The molecule has 0 spiro atoms. The minimum absolute atomic E-state index is 0.138. The maximum absolute atomic E-state index is 12.2. The van der Waals surface area contributed by atoms with Crippen molar-refractivity contribution < 1.29 is 24.9 Å². The van der Waals surface area contributed by atoms with E-state index in [9.17, 15) is 20.1 Å². The van der Waals surface area contributed by atoms with E-state index in [1.165, 1.54) is 10.9 Å². The molecule has 34 heavy (non-hydrogen) atoms. The fourth-order valence-electron chi connectivity index (χ4n) is 4.71. The Labute approximate surface area is 197 Å². The van der Waals surface area contributed by atoms with Gasteiger partial charge in [0.15, 0.2) is 23.8 Å². The molecule has 184 valence electrons. The standard InChI is InChI=1S/C23H32N6O5/c1-3-25-22(33)19-17(31)18(32)23(34-19)29-11-26-16-20(24)27-15(28-21(16)29)6-4-5-13-7-9-14(10-8-13)12(2)30/h11-14,17-19,23,30-32H,3,5,7-10H2,1-2H3,(H,25,33)(H2,24,27,28)/t12?,13?,14?,17?,18?,19-,23+/m0/s1. The van der Waals surface area contributed by atoms with Gasteiger partial charge in [-0.2, -0.15) is 0 Å². The Kier molecular flexibility index (Phi) is 7.33. The highest BCUT2D eigenvalue weighted by Crippen LogP contribution is 2.33. The second-order valence-electron chi connectivity index (χ2n) is 9.11. The molecule has 5 atom stereocenters. The number of carbonyl (C=O) groups is 1. The zero-order valence-electron chi connectivity index (χ0n) is 19.4. The number of hydrogen-bond donors (Lipinski definition) is 5. The van der Waals surface area contributed by atoms with Gasteiger partial charge in [-0.05, 0) is 57.3 Å². The number of nitrogens with one attached hydrogen (secondary N) is 1. The number of aliphatic hydroxyl groups excluding tert-OH is 3. The number of likely N-dealkylation sites (N-methyl/N-ethyl adjacent to an activating group) is 1. The number of aliphatic hydroxyl groups is 3. The Morgan fingerprint density at radius 1 is 1.29 bits per heavy atom. The molecule has 3 heterocycles. The van der Waals surface area contributed by atoms with E-state index in [1.807, 2.05) is 6.92 Å². The summed E-state index contributed by atoms with van der Waals surface area (Å²) < 4.78 is 7.11. The number of nitrogens with zero attached hydrogens (tertiary/aromatic N) is 4. The first kappa shape index (κ1) is 24.3. The Bertz CT molecular complexity index is 1080. The molecule has 1 amide bonds. The minimum Gasteiger partial charge on any atom is -0.393 e. The SMILES string of the molecule is CCNC(=O)[C@H]1O[C@@H](n2cnc3c(N)nc(C#CCC4CCC(C(C)O)CC4)nc32)C(O)C1O. The van der Waals surface area contributed by atoms with Gasteiger partial charge in [0.1, 0.15) is 17.7 Å². The van der Waals surface area contributed by atoms with Crippen molar-refractivity contribution in [3.05, 3.63) is 12.2 Å². The molecule has 1 aliphatic carbocycles. The highest BCUT2D eigenvalue weighted by Gasteiger charge is 2.47. The van der Waals surface area contributed by atoms with Crippen molar-refractivity contribution in [3.63, 3.8) is 0 Å². The van der Waals surface area contributed by atoms with Gasteiger partial charge in [-0.1, -0.05) is 5.92 Å². The van der Waals surface area contributed by atoms with Gasteiger partial charge in [0.2, 0.25) is 5.82 Å². The predicted molar refractivity (Wildman–Crippen MR) is 123 cm³/mol. The number of carbonyl (C=O) groups excluding carboxylic acids is 1. The lowest BCUT2D eigenvalue weighted by Crippen LogP contribution is -2.42. The van der Waals surface area contributed by atoms with Gasteiger partial charge in [0.05, 0.1) is 12.4 Å². The minimum atomic E-state index is -1.41. The number of imidazole rings is 1. The number of fused-ring (bicyclic) bond motifs is 1. The topological polar surface area (TPSA) is 169 Å². The highest BCUT2D eigenvalue weighted by atomic mass is 16.6. The summed E-state index contributed by atoms with van der Waals surface area (Å²) >= 11 is 0. The Balaban J connectivity index is 1.51. The van der Waals surface area contributed by atoms with Gasteiger partial charge in [0.25, 0.3) is 5.91 Å². The van der Waals surface area contributed by atoms with Crippen LogP contribution in [0.15, 0.2) is 6.33 Å². The zero-order chi connectivity index (χ0) is 24.4. The van der Waals surface area contributed by atoms with E-state index in [2.05, 4.69) is 32.1 Å². The van der Waals surface area contributed by atoms with Crippen LogP contribution < -0.4 is 11.1 Å². The molecular formula is C23H32N6O5. The number of aromatic nitrogens is 4. The fourth-order valence-corrected chi connectivity index (χ4v) is 4.71. The predicted octanol–water partition coefficient (Wildman–Crippen LogP) is 0.0926. The molecule has 6 N–H and O–H groups in total. The van der Waals surface area contributed by atoms with Gasteiger partial charge >= 0.3 is 0 Å². The van der Waals surface area contributed by atoms with Crippen molar-refractivity contribution in [3.8, 4) is 11.8 Å². The largest absolute Gasteiger partial charge is 0.393 e. The Morgan fingerprint density at radius 2 is 2.03 bits per heavy atom. The van der Waals surface area contributed by atoms with E-state index >= 15 is 0 Å². The summed E-state index contributed by atoms with van der Waals surface area (Å²) in [6.45, 7) is 3.97. The lowest BCUT2D eigenvalue weighted by Gasteiger charge is -2.29. The molecule has 2 aromatic rings. The quantitative estimate of drug-likeness (QED) is 0.379. The number of anilines is 1. The smallest absolute Gasteiger partial charge is 0.252 e. The van der Waals surface area contributed by atoms with Crippen LogP contribution in [0, 0.1) is 23.7 Å². The lowest BCUT2D eigenvalue weighted by molar-refractivity contribution is -0.137. The molecule has 1 aliphatic heterocycles. The van der Waals surface area contributed by atoms with Crippen LogP contribution in [0.25, 0.3) is 11.2 Å². The molecule has 2 fully saturated rings. The van der Waals surface area contributed by atoms with Crippen LogP contribution in [0.1, 0.15) is 58.0 Å². The van der Waals surface area contributed by atoms with Crippen molar-refractivity contribution >= 4 is 22.9 Å². The molecule has 4 rings (SSSR count). The van der Waals surface area contributed by atoms with Crippen molar-refractivity contribution in [2.75, 3.05) is 12.3 Å². The molecule has 0 radical (unpaired) electrons. The van der Waals surface area contributed by atoms with Gasteiger partial charge in [0, 0.05) is 13.0 Å². The van der Waals surface area contributed by atoms with E-state index in [4.69, 9.17) is 10.5 Å². The van der Waals surface area contributed by atoms with Gasteiger partial charge in [-0.3, -0.25) is 9.36 Å². The van der Waals surface area contributed by atoms with Crippen molar-refractivity contribution in [1.82, 2.24) is 24.8 Å². The first-order chi connectivity index (χ1) is 16.3. The molecule has 2 aliphatic rings. The third kappa shape index (κ3) is 4.86. The Morgan fingerprint density at radius 3 is 2.71 bits per heavy atom. The molecule has 1 saturated heterocycles. The summed E-state index contributed by atoms with van der Waals surface area (Å²) in [4.78, 5) is 25.1. The van der Waals surface area contributed by atoms with Crippen LogP contribution in [0.5, 0.6) is 0 Å². The summed E-state index contributed by atoms with van der Waals surface area (Å²) in [6, 6.07) is 0. The molecule has 1 saturated carbocycles. The van der Waals surface area contributed by atoms with Crippen LogP contribution in [0.2, 0.25) is 0 Å². The molecule has 0 aromatic carbocycles. The summed E-state index contributed by atoms with van der Waals surface area (Å²) in [5.41, 5.74) is 6.68. The third-order valence-electron chi connectivity index (χ3n) is 6.73. The van der Waals surface area contributed by atoms with Gasteiger partial charge in [-0.15, -0.1) is 0 Å². The molecule has 3 unspecified atom stereocenters. The van der Waals surface area contributed by atoms with E-state index in [0.717, 1.165) is 25.7 Å². The molecule has 11 nitrogen and oxygen atoms in total. The summed E-state index contributed by atoms with van der Waals surface area (Å²) in [5.74, 6) is 6.81. The lowest BCUT2D eigenvalue weighted by atomic mass is 9.78. The number of amides is 1. The van der Waals surface area contributed by atoms with E-state index in [0.29, 0.717) is 36.0 Å². The van der Waals surface area contributed by atoms with E-state index in [1.54, 1.807) is 6.92 Å². The van der Waals surface area contributed by atoms with Gasteiger partial charge in [-0.25, -0.2) is 15.0 Å². The Hall–Kier alpha value is -2.78. The second-order valence-corrected chi connectivity index (χ2v) is 9.11. The van der Waals surface area contributed by atoms with Crippen LogP contribution in [-0.4, -0.2) is 71.7 Å². The normalized spacial score (nSPS) is 30.0. The second kappa shape index (κ2) is 10.2. The number of ether oxygens (including phenoxy) is 1. The maximum Gasteiger partial charge on any atom is 0.252 e.